The summed E-state index contributed by atoms with van der Waals surface area (Å²) < 4.78 is 0. The molecular formula is C14H21NO2S. The molecule has 0 spiro atoms. The van der Waals surface area contributed by atoms with Gasteiger partial charge in [-0.25, -0.2) is 0 Å². The molecule has 0 aliphatic carbocycles. The maximum atomic E-state index is 11.9. The minimum atomic E-state index is -0.302. The second-order valence-corrected chi connectivity index (χ2v) is 5.59. The van der Waals surface area contributed by atoms with Gasteiger partial charge in [0, 0.05) is 17.0 Å². The van der Waals surface area contributed by atoms with E-state index in [2.05, 4.69) is 5.32 Å². The van der Waals surface area contributed by atoms with Gasteiger partial charge < -0.3 is 10.4 Å². The summed E-state index contributed by atoms with van der Waals surface area (Å²) in [6.07, 6.45) is 1.40. The van der Waals surface area contributed by atoms with Gasteiger partial charge in [-0.1, -0.05) is 25.1 Å². The zero-order valence-electron chi connectivity index (χ0n) is 11.0. The number of hydrogen-bond donors (Lipinski definition) is 2. The largest absolute Gasteiger partial charge is 0.396 e. The highest BCUT2D eigenvalue weighted by atomic mass is 32.2. The van der Waals surface area contributed by atoms with E-state index in [0.717, 1.165) is 11.3 Å². The topological polar surface area (TPSA) is 49.3 Å². The molecule has 0 aromatic heterocycles. The van der Waals surface area contributed by atoms with Gasteiger partial charge in [-0.2, -0.15) is 0 Å². The average molecular weight is 267 g/mol. The molecule has 1 rings (SSSR count). The first-order valence-corrected chi connectivity index (χ1v) is 7.18. The van der Waals surface area contributed by atoms with E-state index in [1.54, 1.807) is 0 Å². The lowest BCUT2D eigenvalue weighted by Gasteiger charge is -2.28. The van der Waals surface area contributed by atoms with Crippen molar-refractivity contribution in [3.8, 4) is 0 Å². The van der Waals surface area contributed by atoms with Gasteiger partial charge in [-0.3, -0.25) is 4.79 Å². The van der Waals surface area contributed by atoms with Gasteiger partial charge >= 0.3 is 0 Å². The Hall–Kier alpha value is -1.00. The van der Waals surface area contributed by atoms with Crippen LogP contribution in [-0.2, 0) is 4.79 Å². The fourth-order valence-corrected chi connectivity index (χ4v) is 2.33. The number of benzene rings is 1. The minimum absolute atomic E-state index is 0.0154. The second-order valence-electron chi connectivity index (χ2n) is 4.54. The molecule has 0 fully saturated rings. The van der Waals surface area contributed by atoms with Crippen molar-refractivity contribution in [3.63, 3.8) is 0 Å². The van der Waals surface area contributed by atoms with Crippen LogP contribution < -0.4 is 5.32 Å². The van der Waals surface area contributed by atoms with Gasteiger partial charge in [-0.15, -0.1) is 11.8 Å². The van der Waals surface area contributed by atoms with Crippen LogP contribution in [0.15, 0.2) is 35.2 Å². The van der Waals surface area contributed by atoms with Crippen LogP contribution >= 0.6 is 11.8 Å². The number of amides is 1. The van der Waals surface area contributed by atoms with Crippen molar-refractivity contribution in [2.75, 3.05) is 12.4 Å². The molecule has 1 atom stereocenters. The third kappa shape index (κ3) is 5.10. The summed E-state index contributed by atoms with van der Waals surface area (Å²) in [5.41, 5.74) is -0.302. The van der Waals surface area contributed by atoms with E-state index in [4.69, 9.17) is 5.11 Å². The van der Waals surface area contributed by atoms with Crippen molar-refractivity contribution in [1.82, 2.24) is 5.32 Å². The molecule has 4 heteroatoms. The summed E-state index contributed by atoms with van der Waals surface area (Å²) in [7, 11) is 0. The molecule has 1 aromatic carbocycles. The molecule has 1 unspecified atom stereocenters. The summed E-state index contributed by atoms with van der Waals surface area (Å²) in [5, 5.41) is 12.0. The molecule has 1 aromatic rings. The summed E-state index contributed by atoms with van der Waals surface area (Å²) in [4.78, 5) is 12.9. The van der Waals surface area contributed by atoms with E-state index in [-0.39, 0.29) is 18.1 Å². The first-order valence-electron chi connectivity index (χ1n) is 6.19. The number of carbonyl (C=O) groups excluding carboxylic acids is 1. The fraction of sp³-hybridized carbons (Fsp3) is 0.500. The Morgan fingerprint density at radius 3 is 2.61 bits per heavy atom. The Balaban J connectivity index is 2.41. The lowest BCUT2D eigenvalue weighted by molar-refractivity contribution is -0.120. The summed E-state index contributed by atoms with van der Waals surface area (Å²) in [6, 6.07) is 9.86. The molecule has 1 amide bonds. The molecule has 0 saturated carbocycles. The first kappa shape index (κ1) is 15.1. The molecule has 0 bridgehead atoms. The maximum absolute atomic E-state index is 11.9. The van der Waals surface area contributed by atoms with E-state index in [1.807, 2.05) is 44.2 Å². The average Bonchev–Trinajstić information content (AvgIpc) is 2.38. The van der Waals surface area contributed by atoms with Gasteiger partial charge in [0.25, 0.3) is 0 Å². The molecule has 0 heterocycles. The molecule has 0 saturated heterocycles. The van der Waals surface area contributed by atoms with Gasteiger partial charge in [-0.05, 0) is 31.9 Å². The number of aliphatic hydroxyl groups excluding tert-OH is 1. The molecule has 0 aliphatic rings. The van der Waals surface area contributed by atoms with Crippen LogP contribution in [0.5, 0.6) is 0 Å². The van der Waals surface area contributed by atoms with E-state index in [0.29, 0.717) is 12.2 Å². The van der Waals surface area contributed by atoms with Crippen LogP contribution in [0.3, 0.4) is 0 Å². The monoisotopic (exact) mass is 267 g/mol. The molecule has 0 radical (unpaired) electrons. The smallest absolute Gasteiger partial charge is 0.230 e. The SMILES string of the molecule is CCC(C)(CCO)NC(=O)CSc1ccccc1. The maximum Gasteiger partial charge on any atom is 0.230 e. The molecular weight excluding hydrogens is 246 g/mol. The van der Waals surface area contributed by atoms with Crippen molar-refractivity contribution in [2.24, 2.45) is 0 Å². The summed E-state index contributed by atoms with van der Waals surface area (Å²) >= 11 is 1.52. The summed E-state index contributed by atoms with van der Waals surface area (Å²) in [6.45, 7) is 4.07. The van der Waals surface area contributed by atoms with E-state index >= 15 is 0 Å². The van der Waals surface area contributed by atoms with Crippen LogP contribution in [0, 0.1) is 0 Å². The highest BCUT2D eigenvalue weighted by Gasteiger charge is 2.23. The number of hydrogen-bond acceptors (Lipinski definition) is 3. The van der Waals surface area contributed by atoms with Crippen molar-refractivity contribution < 1.29 is 9.90 Å². The zero-order valence-corrected chi connectivity index (χ0v) is 11.8. The summed E-state index contributed by atoms with van der Waals surface area (Å²) in [5.74, 6) is 0.423. The van der Waals surface area contributed by atoms with Crippen molar-refractivity contribution in [3.05, 3.63) is 30.3 Å². The van der Waals surface area contributed by atoms with Crippen LogP contribution in [0.25, 0.3) is 0 Å². The van der Waals surface area contributed by atoms with E-state index in [9.17, 15) is 4.79 Å². The van der Waals surface area contributed by atoms with Gasteiger partial charge in [0.2, 0.25) is 5.91 Å². The standard InChI is InChI=1S/C14H21NO2S/c1-3-14(2,9-10-16)15-13(17)11-18-12-7-5-4-6-8-12/h4-8,16H,3,9-11H2,1-2H3,(H,15,17). The third-order valence-corrected chi connectivity index (χ3v) is 4.01. The number of carbonyl (C=O) groups is 1. The van der Waals surface area contributed by atoms with Gasteiger partial charge in [0.05, 0.1) is 5.75 Å². The van der Waals surface area contributed by atoms with Crippen molar-refractivity contribution in [1.29, 1.82) is 0 Å². The van der Waals surface area contributed by atoms with E-state index < -0.39 is 0 Å². The predicted octanol–water partition coefficient (Wildman–Crippen LogP) is 2.45. The highest BCUT2D eigenvalue weighted by molar-refractivity contribution is 8.00. The molecule has 100 valence electrons. The lowest BCUT2D eigenvalue weighted by atomic mass is 9.95. The lowest BCUT2D eigenvalue weighted by Crippen LogP contribution is -2.46. The molecule has 2 N–H and O–H groups in total. The Bertz CT molecular complexity index is 369. The number of thioether (sulfide) groups is 1. The molecule has 0 aliphatic heterocycles. The van der Waals surface area contributed by atoms with Crippen LogP contribution in [0.4, 0.5) is 0 Å². The molecule has 3 nitrogen and oxygen atoms in total. The Morgan fingerprint density at radius 2 is 2.06 bits per heavy atom. The molecule has 18 heavy (non-hydrogen) atoms. The quantitative estimate of drug-likeness (QED) is 0.746. The normalized spacial score (nSPS) is 13.9. The third-order valence-electron chi connectivity index (χ3n) is 3.00. The van der Waals surface area contributed by atoms with Crippen molar-refractivity contribution >= 4 is 17.7 Å². The Kier molecular flexibility index (Phi) is 6.22. The number of nitrogens with one attached hydrogen (secondary N) is 1. The highest BCUT2D eigenvalue weighted by Crippen LogP contribution is 2.18. The zero-order chi connectivity index (χ0) is 13.4. The van der Waals surface area contributed by atoms with Crippen LogP contribution in [0.1, 0.15) is 26.7 Å². The van der Waals surface area contributed by atoms with Gasteiger partial charge in [0.1, 0.15) is 0 Å². The van der Waals surface area contributed by atoms with Crippen molar-refractivity contribution in [2.45, 2.75) is 37.1 Å². The van der Waals surface area contributed by atoms with Crippen LogP contribution in [-0.4, -0.2) is 28.9 Å². The fourth-order valence-electron chi connectivity index (χ4n) is 1.61. The number of rotatable bonds is 7. The first-order chi connectivity index (χ1) is 8.59. The predicted molar refractivity (Wildman–Crippen MR) is 75.7 cm³/mol. The minimum Gasteiger partial charge on any atom is -0.396 e. The Labute approximate surface area is 113 Å². The van der Waals surface area contributed by atoms with Gasteiger partial charge in [0.15, 0.2) is 0 Å². The number of aliphatic hydroxyl groups is 1. The van der Waals surface area contributed by atoms with Crippen LogP contribution in [0.2, 0.25) is 0 Å². The Morgan fingerprint density at radius 1 is 1.39 bits per heavy atom. The second kappa shape index (κ2) is 7.44. The van der Waals surface area contributed by atoms with E-state index in [1.165, 1.54) is 11.8 Å².